The molecule has 2 aromatic rings. The number of methoxy groups -OCH3 is 1. The van der Waals surface area contributed by atoms with Gasteiger partial charge in [-0.1, -0.05) is 30.3 Å². The molecule has 0 fully saturated rings. The SMILES string of the molecule is COc1ccccc1/C=C/C(=O)OCc1cccc([N+](=O)[O-])c1. The number of ether oxygens (including phenoxy) is 2. The number of rotatable bonds is 6. The van der Waals surface area contributed by atoms with Gasteiger partial charge < -0.3 is 9.47 Å². The van der Waals surface area contributed by atoms with E-state index in [0.29, 0.717) is 11.3 Å². The molecular weight excluding hydrogens is 298 g/mol. The summed E-state index contributed by atoms with van der Waals surface area (Å²) in [5.74, 6) is 0.109. The number of hydrogen-bond acceptors (Lipinski definition) is 5. The monoisotopic (exact) mass is 313 g/mol. The van der Waals surface area contributed by atoms with Crippen LogP contribution < -0.4 is 4.74 Å². The van der Waals surface area contributed by atoms with E-state index in [1.807, 2.05) is 18.2 Å². The van der Waals surface area contributed by atoms with Crippen molar-refractivity contribution in [1.29, 1.82) is 0 Å². The molecule has 0 aliphatic heterocycles. The number of carbonyl (C=O) groups is 1. The fourth-order valence-electron chi connectivity index (χ4n) is 1.92. The molecule has 2 aromatic carbocycles. The van der Waals surface area contributed by atoms with Gasteiger partial charge in [0.05, 0.1) is 12.0 Å². The molecule has 0 N–H and O–H groups in total. The van der Waals surface area contributed by atoms with Crippen LogP contribution in [0.15, 0.2) is 54.6 Å². The summed E-state index contributed by atoms with van der Waals surface area (Å²) in [6.45, 7) is -0.0310. The Balaban J connectivity index is 1.96. The lowest BCUT2D eigenvalue weighted by molar-refractivity contribution is -0.384. The first-order chi connectivity index (χ1) is 11.1. The lowest BCUT2D eigenvalue weighted by Gasteiger charge is -2.04. The van der Waals surface area contributed by atoms with Gasteiger partial charge in [-0.15, -0.1) is 0 Å². The van der Waals surface area contributed by atoms with Crippen LogP contribution in [0.2, 0.25) is 0 Å². The van der Waals surface area contributed by atoms with Gasteiger partial charge in [0, 0.05) is 23.8 Å². The highest BCUT2D eigenvalue weighted by Crippen LogP contribution is 2.19. The minimum atomic E-state index is -0.539. The van der Waals surface area contributed by atoms with E-state index in [2.05, 4.69) is 0 Å². The lowest BCUT2D eigenvalue weighted by atomic mass is 10.2. The topological polar surface area (TPSA) is 78.7 Å². The Labute approximate surface area is 133 Å². The molecule has 0 aliphatic rings. The molecule has 0 aromatic heterocycles. The highest BCUT2D eigenvalue weighted by Gasteiger charge is 2.07. The van der Waals surface area contributed by atoms with E-state index in [9.17, 15) is 14.9 Å². The van der Waals surface area contributed by atoms with Crippen molar-refractivity contribution in [3.63, 3.8) is 0 Å². The predicted octanol–water partition coefficient (Wildman–Crippen LogP) is 3.36. The summed E-state index contributed by atoms with van der Waals surface area (Å²) in [5, 5.41) is 10.7. The van der Waals surface area contributed by atoms with Crippen LogP contribution in [-0.2, 0) is 16.1 Å². The van der Waals surface area contributed by atoms with Gasteiger partial charge in [0.1, 0.15) is 12.4 Å². The highest BCUT2D eigenvalue weighted by molar-refractivity contribution is 5.87. The first-order valence-corrected chi connectivity index (χ1v) is 6.81. The molecule has 0 aliphatic carbocycles. The largest absolute Gasteiger partial charge is 0.496 e. The first-order valence-electron chi connectivity index (χ1n) is 6.81. The van der Waals surface area contributed by atoms with Crippen molar-refractivity contribution in [2.24, 2.45) is 0 Å². The molecule has 23 heavy (non-hydrogen) atoms. The minimum absolute atomic E-state index is 0.0310. The zero-order valence-electron chi connectivity index (χ0n) is 12.5. The van der Waals surface area contributed by atoms with E-state index < -0.39 is 10.9 Å². The smallest absolute Gasteiger partial charge is 0.331 e. The first kappa shape index (κ1) is 16.2. The Hall–Kier alpha value is -3.15. The van der Waals surface area contributed by atoms with Crippen molar-refractivity contribution < 1.29 is 19.2 Å². The third kappa shape index (κ3) is 4.67. The van der Waals surface area contributed by atoms with Gasteiger partial charge in [0.2, 0.25) is 0 Å². The number of esters is 1. The number of benzene rings is 2. The van der Waals surface area contributed by atoms with Crippen LogP contribution in [0, 0.1) is 10.1 Å². The molecule has 6 nitrogen and oxygen atoms in total. The molecule has 0 saturated carbocycles. The van der Waals surface area contributed by atoms with Crippen LogP contribution in [0.4, 0.5) is 5.69 Å². The van der Waals surface area contributed by atoms with Gasteiger partial charge in [-0.2, -0.15) is 0 Å². The minimum Gasteiger partial charge on any atom is -0.496 e. The summed E-state index contributed by atoms with van der Waals surface area (Å²) in [6.07, 6.45) is 2.88. The maximum atomic E-state index is 11.7. The Bertz CT molecular complexity index is 739. The number of para-hydroxylation sites is 1. The summed E-state index contributed by atoms with van der Waals surface area (Å²) in [7, 11) is 1.55. The fraction of sp³-hybridized carbons (Fsp3) is 0.118. The molecule has 0 bridgehead atoms. The number of nitrogens with zero attached hydrogens (tertiary/aromatic N) is 1. The van der Waals surface area contributed by atoms with E-state index in [0.717, 1.165) is 5.56 Å². The highest BCUT2D eigenvalue weighted by atomic mass is 16.6. The molecule has 0 atom stereocenters. The van der Waals surface area contributed by atoms with E-state index in [1.165, 1.54) is 18.2 Å². The van der Waals surface area contributed by atoms with Gasteiger partial charge >= 0.3 is 5.97 Å². The van der Waals surface area contributed by atoms with Crippen LogP contribution in [0.25, 0.3) is 6.08 Å². The van der Waals surface area contributed by atoms with Gasteiger partial charge in [0.25, 0.3) is 5.69 Å². The number of nitro groups is 1. The van der Waals surface area contributed by atoms with Crippen LogP contribution in [-0.4, -0.2) is 18.0 Å². The summed E-state index contributed by atoms with van der Waals surface area (Å²) in [6, 6.07) is 13.2. The van der Waals surface area contributed by atoms with Crippen LogP contribution >= 0.6 is 0 Å². The summed E-state index contributed by atoms with van der Waals surface area (Å²) in [4.78, 5) is 21.9. The zero-order valence-corrected chi connectivity index (χ0v) is 12.5. The van der Waals surface area contributed by atoms with Gasteiger partial charge in [-0.05, 0) is 17.7 Å². The standard InChI is InChI=1S/C17H15NO5/c1-22-16-8-3-2-6-14(16)9-10-17(19)23-12-13-5-4-7-15(11-13)18(20)21/h2-11H,12H2,1H3/b10-9+. The summed E-state index contributed by atoms with van der Waals surface area (Å²) in [5.41, 5.74) is 1.27. The second kappa shape index (κ2) is 7.74. The molecule has 118 valence electrons. The number of carbonyl (C=O) groups excluding carboxylic acids is 1. The van der Waals surface area contributed by atoms with Gasteiger partial charge in [-0.25, -0.2) is 4.79 Å². The predicted molar refractivity (Wildman–Crippen MR) is 84.9 cm³/mol. The van der Waals surface area contributed by atoms with Crippen LogP contribution in [0.5, 0.6) is 5.75 Å². The maximum Gasteiger partial charge on any atom is 0.331 e. The Kier molecular flexibility index (Phi) is 5.46. The average molecular weight is 313 g/mol. The normalized spacial score (nSPS) is 10.5. The Morgan fingerprint density at radius 1 is 1.22 bits per heavy atom. The fourth-order valence-corrected chi connectivity index (χ4v) is 1.92. The van der Waals surface area contributed by atoms with Crippen LogP contribution in [0.1, 0.15) is 11.1 Å². The van der Waals surface area contributed by atoms with Crippen LogP contribution in [0.3, 0.4) is 0 Å². The van der Waals surface area contributed by atoms with E-state index in [-0.39, 0.29) is 12.3 Å². The number of nitro benzene ring substituents is 1. The van der Waals surface area contributed by atoms with E-state index in [4.69, 9.17) is 9.47 Å². The number of hydrogen-bond donors (Lipinski definition) is 0. The quantitative estimate of drug-likeness (QED) is 0.353. The van der Waals surface area contributed by atoms with Crippen molar-refractivity contribution in [1.82, 2.24) is 0 Å². The van der Waals surface area contributed by atoms with E-state index in [1.54, 1.807) is 31.4 Å². The van der Waals surface area contributed by atoms with Crippen molar-refractivity contribution in [2.75, 3.05) is 7.11 Å². The van der Waals surface area contributed by atoms with Crippen molar-refractivity contribution in [3.05, 3.63) is 75.8 Å². The molecular formula is C17H15NO5. The molecule has 0 saturated heterocycles. The average Bonchev–Trinajstić information content (AvgIpc) is 2.58. The van der Waals surface area contributed by atoms with Gasteiger partial charge in [-0.3, -0.25) is 10.1 Å². The Morgan fingerprint density at radius 2 is 2.00 bits per heavy atom. The molecule has 0 amide bonds. The van der Waals surface area contributed by atoms with Gasteiger partial charge in [0.15, 0.2) is 0 Å². The third-order valence-corrected chi connectivity index (χ3v) is 3.04. The second-order valence-electron chi connectivity index (χ2n) is 4.61. The maximum absolute atomic E-state index is 11.7. The second-order valence-corrected chi connectivity index (χ2v) is 4.61. The van der Waals surface area contributed by atoms with Crippen molar-refractivity contribution in [3.8, 4) is 5.75 Å². The molecule has 0 radical (unpaired) electrons. The molecule has 2 rings (SSSR count). The lowest BCUT2D eigenvalue weighted by Crippen LogP contribution is -2.01. The molecule has 6 heteroatoms. The van der Waals surface area contributed by atoms with Crippen molar-refractivity contribution in [2.45, 2.75) is 6.61 Å². The third-order valence-electron chi connectivity index (χ3n) is 3.04. The van der Waals surface area contributed by atoms with E-state index >= 15 is 0 Å². The molecule has 0 heterocycles. The summed E-state index contributed by atoms with van der Waals surface area (Å²) >= 11 is 0. The molecule has 0 spiro atoms. The van der Waals surface area contributed by atoms with Crippen molar-refractivity contribution >= 4 is 17.7 Å². The summed E-state index contributed by atoms with van der Waals surface area (Å²) < 4.78 is 10.2. The molecule has 0 unspecified atom stereocenters. The zero-order chi connectivity index (χ0) is 16.7. The number of non-ortho nitro benzene ring substituents is 1. The Morgan fingerprint density at radius 3 is 2.74 bits per heavy atom.